The Hall–Kier alpha value is -3.56. The summed E-state index contributed by atoms with van der Waals surface area (Å²) in [6.45, 7) is 8.80. The van der Waals surface area contributed by atoms with Crippen molar-refractivity contribution >= 4 is 56.4 Å². The molecule has 4 rings (SSSR count). The number of fused-ring (bicyclic) bond motifs is 1. The molecule has 0 bridgehead atoms. The summed E-state index contributed by atoms with van der Waals surface area (Å²) >= 11 is 2.53. The zero-order valence-electron chi connectivity index (χ0n) is 20.6. The largest absolute Gasteiger partial charge is 0.462 e. The molecule has 0 fully saturated rings. The Bertz CT molecular complexity index is 1450. The summed E-state index contributed by atoms with van der Waals surface area (Å²) in [5.74, 6) is -1.60. The van der Waals surface area contributed by atoms with Crippen LogP contribution in [0.1, 0.15) is 63.6 Å². The minimum Gasteiger partial charge on any atom is -0.462 e. The number of anilines is 1. The van der Waals surface area contributed by atoms with Crippen LogP contribution in [-0.4, -0.2) is 35.0 Å². The normalized spacial score (nSPS) is 11.4. The molecule has 0 spiro atoms. The van der Waals surface area contributed by atoms with E-state index in [4.69, 9.17) is 14.5 Å². The van der Waals surface area contributed by atoms with Crippen molar-refractivity contribution in [3.8, 4) is 10.6 Å². The van der Waals surface area contributed by atoms with E-state index in [0.29, 0.717) is 27.7 Å². The van der Waals surface area contributed by atoms with Crippen LogP contribution in [0.3, 0.4) is 0 Å². The van der Waals surface area contributed by atoms with Gasteiger partial charge in [-0.05, 0) is 63.8 Å². The number of amides is 1. The molecule has 186 valence electrons. The molecule has 0 aliphatic heterocycles. The molecule has 0 aliphatic rings. The molecule has 0 saturated carbocycles. The van der Waals surface area contributed by atoms with E-state index < -0.39 is 23.4 Å². The molecule has 1 N–H and O–H groups in total. The van der Waals surface area contributed by atoms with E-state index in [1.807, 2.05) is 41.8 Å². The average Bonchev–Trinajstić information content (AvgIpc) is 3.46. The molecule has 7 nitrogen and oxygen atoms in total. The molecule has 4 aromatic rings. The molecule has 3 aromatic heterocycles. The number of hydrogen-bond donors (Lipinski definition) is 1. The highest BCUT2D eigenvalue weighted by Crippen LogP contribution is 2.36. The second-order valence-electron chi connectivity index (χ2n) is 8.99. The van der Waals surface area contributed by atoms with Gasteiger partial charge in [0.25, 0.3) is 5.91 Å². The van der Waals surface area contributed by atoms with Gasteiger partial charge >= 0.3 is 11.9 Å². The van der Waals surface area contributed by atoms with Crippen LogP contribution in [0.25, 0.3) is 21.5 Å². The summed E-state index contributed by atoms with van der Waals surface area (Å²) in [6.07, 6.45) is 0. The summed E-state index contributed by atoms with van der Waals surface area (Å²) in [5, 5.41) is 5.71. The van der Waals surface area contributed by atoms with Crippen LogP contribution in [0.5, 0.6) is 0 Å². The third-order valence-corrected chi connectivity index (χ3v) is 7.25. The Balaban J connectivity index is 1.78. The minimum absolute atomic E-state index is 0.146. The number of thiophene rings is 2. The second-order valence-corrected chi connectivity index (χ2v) is 11.0. The molecule has 3 heterocycles. The number of hydrogen-bond acceptors (Lipinski definition) is 8. The SMILES string of the molecule is CCOC(=O)c1c(NC(=O)c2cc(-c3cccs3)nc3ccccc23)sc(C(=O)OC(C)(C)C)c1C. The van der Waals surface area contributed by atoms with E-state index in [1.54, 1.807) is 40.7 Å². The van der Waals surface area contributed by atoms with Gasteiger partial charge in [-0.3, -0.25) is 4.79 Å². The van der Waals surface area contributed by atoms with Gasteiger partial charge in [-0.25, -0.2) is 14.6 Å². The number of rotatable bonds is 6. The zero-order valence-corrected chi connectivity index (χ0v) is 22.3. The standard InChI is InChI=1S/C27H26N2O5S2/c1-6-33-25(31)21-15(2)22(26(32)34-27(3,4)5)36-24(21)29-23(30)17-14-19(20-12-9-13-35-20)28-18-11-8-7-10-16(17)18/h7-14H,6H2,1-5H3,(H,29,30). The van der Waals surface area contributed by atoms with Crippen molar-refractivity contribution < 1.29 is 23.9 Å². The van der Waals surface area contributed by atoms with E-state index >= 15 is 0 Å². The summed E-state index contributed by atoms with van der Waals surface area (Å²) in [5.41, 5.74) is 1.60. The fourth-order valence-electron chi connectivity index (χ4n) is 3.65. The lowest BCUT2D eigenvalue weighted by Gasteiger charge is -2.19. The van der Waals surface area contributed by atoms with Crippen LogP contribution < -0.4 is 5.32 Å². The van der Waals surface area contributed by atoms with Crippen LogP contribution in [0.2, 0.25) is 0 Å². The number of nitrogens with zero attached hydrogens (tertiary/aromatic N) is 1. The maximum atomic E-state index is 13.6. The molecule has 0 unspecified atom stereocenters. The predicted octanol–water partition coefficient (Wildman–Crippen LogP) is 6.72. The van der Waals surface area contributed by atoms with Crippen LogP contribution >= 0.6 is 22.7 Å². The van der Waals surface area contributed by atoms with Gasteiger partial charge in [0.05, 0.1) is 33.8 Å². The van der Waals surface area contributed by atoms with E-state index in [2.05, 4.69) is 5.32 Å². The second kappa shape index (κ2) is 10.2. The Kier molecular flexibility index (Phi) is 7.23. The van der Waals surface area contributed by atoms with Crippen molar-refractivity contribution in [1.82, 2.24) is 4.98 Å². The number of aromatic nitrogens is 1. The van der Waals surface area contributed by atoms with Crippen molar-refractivity contribution in [2.45, 2.75) is 40.2 Å². The fourth-order valence-corrected chi connectivity index (χ4v) is 5.41. The summed E-state index contributed by atoms with van der Waals surface area (Å²) < 4.78 is 10.7. The van der Waals surface area contributed by atoms with Gasteiger partial charge in [-0.15, -0.1) is 22.7 Å². The summed E-state index contributed by atoms with van der Waals surface area (Å²) in [6, 6.07) is 13.0. The van der Waals surface area contributed by atoms with Gasteiger partial charge < -0.3 is 14.8 Å². The lowest BCUT2D eigenvalue weighted by atomic mass is 10.1. The Morgan fingerprint density at radius 1 is 1.06 bits per heavy atom. The average molecular weight is 523 g/mol. The molecule has 1 amide bonds. The molecular formula is C27H26N2O5S2. The van der Waals surface area contributed by atoms with Crippen molar-refractivity contribution in [3.63, 3.8) is 0 Å². The van der Waals surface area contributed by atoms with Crippen molar-refractivity contribution in [1.29, 1.82) is 0 Å². The minimum atomic E-state index is -0.713. The number of carbonyl (C=O) groups is 3. The smallest absolute Gasteiger partial charge is 0.349 e. The van der Waals surface area contributed by atoms with Gasteiger partial charge in [0.15, 0.2) is 0 Å². The van der Waals surface area contributed by atoms with Crippen LogP contribution in [-0.2, 0) is 9.47 Å². The molecule has 36 heavy (non-hydrogen) atoms. The molecule has 9 heteroatoms. The monoisotopic (exact) mass is 522 g/mol. The van der Waals surface area contributed by atoms with Crippen LogP contribution in [0.4, 0.5) is 5.00 Å². The van der Waals surface area contributed by atoms with E-state index in [-0.39, 0.29) is 22.0 Å². The number of nitrogens with one attached hydrogen (secondary N) is 1. The molecule has 0 atom stereocenters. The van der Waals surface area contributed by atoms with Gasteiger partial charge in [0.1, 0.15) is 15.5 Å². The zero-order chi connectivity index (χ0) is 26.0. The summed E-state index contributed by atoms with van der Waals surface area (Å²) in [4.78, 5) is 45.2. The lowest BCUT2D eigenvalue weighted by molar-refractivity contribution is 0.00744. The highest BCUT2D eigenvalue weighted by molar-refractivity contribution is 7.18. The van der Waals surface area contributed by atoms with E-state index in [9.17, 15) is 14.4 Å². The quantitative estimate of drug-likeness (QED) is 0.283. The van der Waals surface area contributed by atoms with Gasteiger partial charge in [0.2, 0.25) is 0 Å². The third kappa shape index (κ3) is 5.32. The lowest BCUT2D eigenvalue weighted by Crippen LogP contribution is -2.23. The number of esters is 2. The van der Waals surface area contributed by atoms with Crippen LogP contribution in [0, 0.1) is 6.92 Å². The highest BCUT2D eigenvalue weighted by atomic mass is 32.1. The first-order valence-corrected chi connectivity index (χ1v) is 13.1. The fraction of sp³-hybridized carbons (Fsp3) is 0.259. The summed E-state index contributed by atoms with van der Waals surface area (Å²) in [7, 11) is 0. The van der Waals surface area contributed by atoms with Crippen LogP contribution in [0.15, 0.2) is 47.8 Å². The Morgan fingerprint density at radius 3 is 2.47 bits per heavy atom. The van der Waals surface area contributed by atoms with E-state index in [1.165, 1.54) is 11.3 Å². The number of ether oxygens (including phenoxy) is 2. The van der Waals surface area contributed by atoms with Crippen molar-refractivity contribution in [2.75, 3.05) is 11.9 Å². The molecule has 0 radical (unpaired) electrons. The highest BCUT2D eigenvalue weighted by Gasteiger charge is 2.30. The van der Waals surface area contributed by atoms with Gasteiger partial charge in [-0.1, -0.05) is 24.3 Å². The van der Waals surface area contributed by atoms with Crippen molar-refractivity contribution in [3.05, 3.63) is 69.4 Å². The Morgan fingerprint density at radius 2 is 1.81 bits per heavy atom. The van der Waals surface area contributed by atoms with Crippen molar-refractivity contribution in [2.24, 2.45) is 0 Å². The number of benzene rings is 1. The molecule has 0 aliphatic carbocycles. The predicted molar refractivity (Wildman–Crippen MR) is 143 cm³/mol. The first-order valence-electron chi connectivity index (χ1n) is 11.4. The Labute approximate surface area is 217 Å². The third-order valence-electron chi connectivity index (χ3n) is 5.17. The first-order chi connectivity index (χ1) is 17.1. The maximum absolute atomic E-state index is 13.6. The van der Waals surface area contributed by atoms with Gasteiger partial charge in [0, 0.05) is 5.39 Å². The maximum Gasteiger partial charge on any atom is 0.349 e. The topological polar surface area (TPSA) is 94.6 Å². The number of pyridine rings is 1. The number of para-hydroxylation sites is 1. The van der Waals surface area contributed by atoms with Gasteiger partial charge in [-0.2, -0.15) is 0 Å². The number of carbonyl (C=O) groups excluding carboxylic acids is 3. The molecule has 0 saturated heterocycles. The van der Waals surface area contributed by atoms with E-state index in [0.717, 1.165) is 16.2 Å². The first kappa shape index (κ1) is 25.5. The molecular weight excluding hydrogens is 496 g/mol. The molecule has 1 aromatic carbocycles.